The van der Waals surface area contributed by atoms with E-state index in [9.17, 15) is 4.79 Å². The summed E-state index contributed by atoms with van der Waals surface area (Å²) in [7, 11) is 0. The Bertz CT molecular complexity index is 632. The average molecular weight is 310 g/mol. The lowest BCUT2D eigenvalue weighted by atomic mass is 9.89. The third-order valence-electron chi connectivity index (χ3n) is 4.37. The van der Waals surface area contributed by atoms with E-state index in [0.717, 1.165) is 37.2 Å². The van der Waals surface area contributed by atoms with E-state index in [-0.39, 0.29) is 6.09 Å². The zero-order valence-electron chi connectivity index (χ0n) is 13.2. The number of nitrogen functional groups attached to an aromatic ring is 1. The molecule has 1 aliphatic rings. The number of likely N-dealkylation sites (tertiary alicyclic amines) is 1. The van der Waals surface area contributed by atoms with Crippen LogP contribution < -0.4 is 5.73 Å². The van der Waals surface area contributed by atoms with Crippen LogP contribution in [0.3, 0.4) is 0 Å². The summed E-state index contributed by atoms with van der Waals surface area (Å²) < 4.78 is 5.39. The van der Waals surface area contributed by atoms with E-state index in [4.69, 9.17) is 10.5 Å². The van der Waals surface area contributed by atoms with Gasteiger partial charge in [0.05, 0.1) is 0 Å². The quantitative estimate of drug-likeness (QED) is 0.878. The highest BCUT2D eigenvalue weighted by molar-refractivity contribution is 5.67. The number of carbonyl (C=O) groups is 1. The van der Waals surface area contributed by atoms with Crippen LogP contribution in [0.25, 0.3) is 0 Å². The highest BCUT2D eigenvalue weighted by Crippen LogP contribution is 2.28. The van der Waals surface area contributed by atoms with Gasteiger partial charge < -0.3 is 15.4 Å². The first kappa shape index (κ1) is 15.4. The third kappa shape index (κ3) is 4.03. The number of hydrogen-bond acceptors (Lipinski definition) is 3. The monoisotopic (exact) mass is 310 g/mol. The van der Waals surface area contributed by atoms with Crippen molar-refractivity contribution in [1.82, 2.24) is 4.90 Å². The maximum absolute atomic E-state index is 12.1. The summed E-state index contributed by atoms with van der Waals surface area (Å²) in [5.41, 5.74) is 8.83. The normalized spacial score (nSPS) is 15.4. The lowest BCUT2D eigenvalue weighted by molar-refractivity contribution is 0.0870. The fraction of sp³-hybridized carbons (Fsp3) is 0.316. The van der Waals surface area contributed by atoms with Crippen molar-refractivity contribution in [3.8, 4) is 0 Å². The number of rotatable bonds is 3. The Balaban J connectivity index is 1.48. The van der Waals surface area contributed by atoms with E-state index >= 15 is 0 Å². The number of amides is 1. The summed E-state index contributed by atoms with van der Waals surface area (Å²) in [5, 5.41) is 0. The smallest absolute Gasteiger partial charge is 0.410 e. The molecule has 0 bridgehead atoms. The van der Waals surface area contributed by atoms with Gasteiger partial charge >= 0.3 is 6.09 Å². The Morgan fingerprint density at radius 1 is 1.04 bits per heavy atom. The number of benzene rings is 2. The predicted molar refractivity (Wildman–Crippen MR) is 91.0 cm³/mol. The number of carbonyl (C=O) groups excluding carboxylic acids is 1. The molecule has 3 rings (SSSR count). The lowest BCUT2D eigenvalue weighted by Gasteiger charge is -2.31. The van der Waals surface area contributed by atoms with Crippen LogP contribution in [0.2, 0.25) is 0 Å². The number of nitrogens with zero attached hydrogens (tertiary/aromatic N) is 1. The van der Waals surface area contributed by atoms with Gasteiger partial charge in [-0.2, -0.15) is 0 Å². The molecule has 120 valence electrons. The Morgan fingerprint density at radius 3 is 2.35 bits per heavy atom. The van der Waals surface area contributed by atoms with Crippen LogP contribution in [0, 0.1) is 0 Å². The zero-order valence-corrected chi connectivity index (χ0v) is 13.2. The summed E-state index contributed by atoms with van der Waals surface area (Å²) in [6.45, 7) is 1.81. The van der Waals surface area contributed by atoms with Gasteiger partial charge in [0.2, 0.25) is 0 Å². The Kier molecular flexibility index (Phi) is 4.81. The van der Waals surface area contributed by atoms with Crippen LogP contribution in [0.5, 0.6) is 0 Å². The Hall–Kier alpha value is -2.49. The molecule has 0 aromatic heterocycles. The van der Waals surface area contributed by atoms with Gasteiger partial charge in [-0.25, -0.2) is 4.79 Å². The zero-order chi connectivity index (χ0) is 16.1. The molecule has 0 saturated carbocycles. The molecular formula is C19H22N2O2. The fourth-order valence-corrected chi connectivity index (χ4v) is 2.97. The fourth-order valence-electron chi connectivity index (χ4n) is 2.97. The van der Waals surface area contributed by atoms with Crippen molar-refractivity contribution in [3.05, 3.63) is 65.7 Å². The molecule has 0 aliphatic carbocycles. The van der Waals surface area contributed by atoms with Gasteiger partial charge in [0.15, 0.2) is 0 Å². The van der Waals surface area contributed by atoms with Crippen molar-refractivity contribution in [3.63, 3.8) is 0 Å². The van der Waals surface area contributed by atoms with Gasteiger partial charge in [0, 0.05) is 18.8 Å². The number of nitrogens with two attached hydrogens (primary N) is 1. The Morgan fingerprint density at radius 2 is 1.70 bits per heavy atom. The maximum atomic E-state index is 12.1. The lowest BCUT2D eigenvalue weighted by Crippen LogP contribution is -2.38. The van der Waals surface area contributed by atoms with Gasteiger partial charge in [-0.3, -0.25) is 0 Å². The topological polar surface area (TPSA) is 55.6 Å². The molecule has 1 aliphatic heterocycles. The SMILES string of the molecule is Nc1ccc(C2CCN(C(=O)OCc3ccccc3)CC2)cc1. The summed E-state index contributed by atoms with van der Waals surface area (Å²) in [4.78, 5) is 13.9. The number of anilines is 1. The van der Waals surface area contributed by atoms with Crippen LogP contribution in [0.4, 0.5) is 10.5 Å². The van der Waals surface area contributed by atoms with E-state index < -0.39 is 0 Å². The van der Waals surface area contributed by atoms with Crippen LogP contribution >= 0.6 is 0 Å². The highest BCUT2D eigenvalue weighted by atomic mass is 16.6. The van der Waals surface area contributed by atoms with Crippen molar-refractivity contribution >= 4 is 11.8 Å². The molecule has 4 nitrogen and oxygen atoms in total. The van der Waals surface area contributed by atoms with Gasteiger partial charge in [0.1, 0.15) is 6.61 Å². The maximum Gasteiger partial charge on any atom is 0.410 e. The Labute approximate surface area is 136 Å². The van der Waals surface area contributed by atoms with E-state index in [0.29, 0.717) is 12.5 Å². The molecule has 1 amide bonds. The highest BCUT2D eigenvalue weighted by Gasteiger charge is 2.24. The molecule has 1 saturated heterocycles. The number of hydrogen-bond donors (Lipinski definition) is 1. The van der Waals surface area contributed by atoms with Crippen LogP contribution in [0.15, 0.2) is 54.6 Å². The second-order valence-corrected chi connectivity index (χ2v) is 5.97. The van der Waals surface area contributed by atoms with Crippen molar-refractivity contribution in [2.45, 2.75) is 25.4 Å². The standard InChI is InChI=1S/C19H22N2O2/c20-18-8-6-16(7-9-18)17-10-12-21(13-11-17)19(22)23-14-15-4-2-1-3-5-15/h1-9,17H,10-14,20H2. The molecule has 1 fully saturated rings. The van der Waals surface area contributed by atoms with E-state index in [1.54, 1.807) is 4.90 Å². The third-order valence-corrected chi connectivity index (χ3v) is 4.37. The summed E-state index contributed by atoms with van der Waals surface area (Å²) in [6.07, 6.45) is 1.71. The first-order valence-electron chi connectivity index (χ1n) is 8.03. The first-order valence-corrected chi connectivity index (χ1v) is 8.03. The van der Waals surface area contributed by atoms with Crippen LogP contribution in [0.1, 0.15) is 29.9 Å². The molecule has 1 heterocycles. The summed E-state index contributed by atoms with van der Waals surface area (Å²) in [5.74, 6) is 0.494. The predicted octanol–water partition coefficient (Wildman–Crippen LogP) is 3.79. The molecule has 0 atom stereocenters. The second-order valence-electron chi connectivity index (χ2n) is 5.97. The molecule has 4 heteroatoms. The summed E-state index contributed by atoms with van der Waals surface area (Å²) in [6, 6.07) is 17.8. The molecule has 23 heavy (non-hydrogen) atoms. The minimum atomic E-state index is -0.218. The molecule has 0 spiro atoms. The first-order chi connectivity index (χ1) is 11.2. The molecule has 2 aromatic rings. The number of piperidine rings is 1. The van der Waals surface area contributed by atoms with E-state index in [1.165, 1.54) is 5.56 Å². The van der Waals surface area contributed by atoms with E-state index in [1.807, 2.05) is 42.5 Å². The van der Waals surface area contributed by atoms with Crippen molar-refractivity contribution in [1.29, 1.82) is 0 Å². The largest absolute Gasteiger partial charge is 0.445 e. The van der Waals surface area contributed by atoms with E-state index in [2.05, 4.69) is 12.1 Å². The van der Waals surface area contributed by atoms with Gasteiger partial charge in [-0.15, -0.1) is 0 Å². The second kappa shape index (κ2) is 7.18. The van der Waals surface area contributed by atoms with Crippen molar-refractivity contribution < 1.29 is 9.53 Å². The minimum Gasteiger partial charge on any atom is -0.445 e. The molecule has 2 N–H and O–H groups in total. The average Bonchev–Trinajstić information content (AvgIpc) is 2.61. The summed E-state index contributed by atoms with van der Waals surface area (Å²) >= 11 is 0. The molecule has 2 aromatic carbocycles. The van der Waals surface area contributed by atoms with Crippen molar-refractivity contribution in [2.75, 3.05) is 18.8 Å². The van der Waals surface area contributed by atoms with Crippen LogP contribution in [-0.4, -0.2) is 24.1 Å². The molecular weight excluding hydrogens is 288 g/mol. The molecule has 0 unspecified atom stereocenters. The van der Waals surface area contributed by atoms with Gasteiger partial charge in [-0.1, -0.05) is 42.5 Å². The van der Waals surface area contributed by atoms with Crippen molar-refractivity contribution in [2.24, 2.45) is 0 Å². The number of ether oxygens (including phenoxy) is 1. The van der Waals surface area contributed by atoms with Gasteiger partial charge in [0.25, 0.3) is 0 Å². The van der Waals surface area contributed by atoms with Gasteiger partial charge in [-0.05, 0) is 42.0 Å². The minimum absolute atomic E-state index is 0.218. The molecule has 0 radical (unpaired) electrons. The van der Waals surface area contributed by atoms with Crippen LogP contribution in [-0.2, 0) is 11.3 Å².